The van der Waals surface area contributed by atoms with Gasteiger partial charge < -0.3 is 14.2 Å². The number of carbonyl (C=O) groups is 1. The molecule has 5 rings (SSSR count). The lowest BCUT2D eigenvalue weighted by Gasteiger charge is -2.11. The molecule has 198 valence electrons. The van der Waals surface area contributed by atoms with Gasteiger partial charge in [0.2, 0.25) is 6.79 Å². The average Bonchev–Trinajstić information content (AvgIpc) is 3.52. The van der Waals surface area contributed by atoms with Gasteiger partial charge in [0.05, 0.1) is 39.3 Å². The summed E-state index contributed by atoms with van der Waals surface area (Å²) in [5, 5.41) is 12.4. The van der Waals surface area contributed by atoms with Crippen LogP contribution in [-0.2, 0) is 19.6 Å². The van der Waals surface area contributed by atoms with E-state index in [1.165, 1.54) is 48.6 Å². The Bertz CT molecular complexity index is 1760. The Hall–Kier alpha value is -4.90. The number of carbonyl (C=O) groups excluding carboxylic acids is 1. The highest BCUT2D eigenvalue weighted by molar-refractivity contribution is 7.90. The summed E-state index contributed by atoms with van der Waals surface area (Å²) in [6, 6.07) is 17.5. The van der Waals surface area contributed by atoms with Crippen LogP contribution in [0.5, 0.6) is 11.5 Å². The van der Waals surface area contributed by atoms with Gasteiger partial charge in [0.1, 0.15) is 0 Å². The van der Waals surface area contributed by atoms with Crippen molar-refractivity contribution in [1.82, 2.24) is 3.97 Å². The van der Waals surface area contributed by atoms with Crippen LogP contribution in [-0.4, -0.2) is 36.7 Å². The molecule has 0 saturated carbocycles. The third kappa shape index (κ3) is 4.87. The quantitative estimate of drug-likeness (QED) is 0.127. The van der Waals surface area contributed by atoms with Crippen molar-refractivity contribution in [1.29, 1.82) is 0 Å². The molecule has 3 aromatic carbocycles. The molecule has 11 heteroatoms. The van der Waals surface area contributed by atoms with Crippen LogP contribution in [0.3, 0.4) is 0 Å². The molecule has 0 radical (unpaired) electrons. The molecule has 0 saturated heterocycles. The van der Waals surface area contributed by atoms with Gasteiger partial charge in [-0.25, -0.2) is 17.2 Å². The SMILES string of the molecule is CCOC(=O)/C=C/c1c(/C=C/c2cc3c(cc2[N+](=O)[O-])OCO3)n(S(=O)(=O)c2ccccc2)c2ccccc12. The normalized spacial score (nSPS) is 12.9. The summed E-state index contributed by atoms with van der Waals surface area (Å²) in [5.74, 6) is -0.0144. The lowest BCUT2D eigenvalue weighted by molar-refractivity contribution is -0.385. The molecule has 1 aromatic heterocycles. The van der Waals surface area contributed by atoms with Crippen molar-refractivity contribution < 1.29 is 32.3 Å². The van der Waals surface area contributed by atoms with Gasteiger partial charge in [-0.05, 0) is 49.4 Å². The molecular weight excluding hydrogens is 524 g/mol. The number of ether oxygens (including phenoxy) is 3. The van der Waals surface area contributed by atoms with Gasteiger partial charge in [0.15, 0.2) is 11.5 Å². The molecule has 39 heavy (non-hydrogen) atoms. The third-order valence-corrected chi connectivity index (χ3v) is 7.74. The van der Waals surface area contributed by atoms with Gasteiger partial charge in [-0.2, -0.15) is 0 Å². The first-order chi connectivity index (χ1) is 18.8. The number of aromatic nitrogens is 1. The first kappa shape index (κ1) is 25.7. The highest BCUT2D eigenvalue weighted by atomic mass is 32.2. The molecule has 0 N–H and O–H groups in total. The predicted octanol–water partition coefficient (Wildman–Crippen LogP) is 5.26. The number of rotatable bonds is 8. The number of esters is 1. The van der Waals surface area contributed by atoms with Gasteiger partial charge in [-0.1, -0.05) is 36.4 Å². The summed E-state index contributed by atoms with van der Waals surface area (Å²) >= 11 is 0. The maximum absolute atomic E-state index is 13.9. The van der Waals surface area contributed by atoms with E-state index >= 15 is 0 Å². The zero-order chi connectivity index (χ0) is 27.6. The smallest absolute Gasteiger partial charge is 0.330 e. The van der Waals surface area contributed by atoms with Crippen LogP contribution < -0.4 is 9.47 Å². The van der Waals surface area contributed by atoms with Gasteiger partial charge >= 0.3 is 5.97 Å². The second-order valence-electron chi connectivity index (χ2n) is 8.34. The van der Waals surface area contributed by atoms with E-state index in [2.05, 4.69) is 0 Å². The minimum Gasteiger partial charge on any atom is -0.463 e. The molecule has 1 aliphatic rings. The molecule has 0 amide bonds. The van der Waals surface area contributed by atoms with Crippen molar-refractivity contribution in [3.05, 3.63) is 99.7 Å². The van der Waals surface area contributed by atoms with Crippen LogP contribution in [0.2, 0.25) is 0 Å². The Kier molecular flexibility index (Phi) is 6.90. The monoisotopic (exact) mass is 546 g/mol. The highest BCUT2D eigenvalue weighted by Gasteiger charge is 2.26. The second kappa shape index (κ2) is 10.5. The van der Waals surface area contributed by atoms with Gasteiger partial charge in [0, 0.05) is 17.0 Å². The van der Waals surface area contributed by atoms with E-state index in [1.807, 2.05) is 0 Å². The maximum Gasteiger partial charge on any atom is 0.330 e. The molecule has 0 fully saturated rings. The Balaban J connectivity index is 1.77. The standard InChI is InChI=1S/C28H22N2O8S/c1-2-36-28(31)15-13-22-21-10-6-7-11-23(21)29(39(34,35)20-8-4-3-5-9-20)24(22)14-12-19-16-26-27(38-18-37-26)17-25(19)30(32)33/h3-17H,2,18H2,1H3/b14-12+,15-13+. The van der Waals surface area contributed by atoms with Crippen LogP contribution in [0, 0.1) is 10.1 Å². The number of nitrogens with zero attached hydrogens (tertiary/aromatic N) is 2. The Morgan fingerprint density at radius 1 is 1.03 bits per heavy atom. The average molecular weight is 547 g/mol. The van der Waals surface area contributed by atoms with Crippen molar-refractivity contribution >= 4 is 50.8 Å². The number of hydrogen-bond donors (Lipinski definition) is 0. The lowest BCUT2D eigenvalue weighted by Crippen LogP contribution is -2.14. The number of nitro benzene ring substituents is 1. The van der Waals surface area contributed by atoms with Crippen molar-refractivity contribution in [3.63, 3.8) is 0 Å². The Labute approximate surface area is 223 Å². The van der Waals surface area contributed by atoms with E-state index in [-0.39, 0.29) is 41.0 Å². The minimum absolute atomic E-state index is 0.0513. The molecule has 1 aliphatic heterocycles. The number of fused-ring (bicyclic) bond motifs is 2. The van der Waals surface area contributed by atoms with Gasteiger partial charge in [-0.15, -0.1) is 0 Å². The molecular formula is C28H22N2O8S. The minimum atomic E-state index is -4.13. The molecule has 2 heterocycles. The molecule has 0 atom stereocenters. The highest BCUT2D eigenvalue weighted by Crippen LogP contribution is 2.39. The summed E-state index contributed by atoms with van der Waals surface area (Å²) in [5.41, 5.74) is 0.904. The number of nitro groups is 1. The fourth-order valence-electron chi connectivity index (χ4n) is 4.29. The van der Waals surface area contributed by atoms with Crippen LogP contribution in [0.1, 0.15) is 23.7 Å². The van der Waals surface area contributed by atoms with Crippen LogP contribution in [0.15, 0.2) is 77.7 Å². The topological polar surface area (TPSA) is 127 Å². The molecule has 4 aromatic rings. The fourth-order valence-corrected chi connectivity index (χ4v) is 5.84. The molecule has 10 nitrogen and oxygen atoms in total. The largest absolute Gasteiger partial charge is 0.463 e. The van der Waals surface area contributed by atoms with Crippen LogP contribution in [0.4, 0.5) is 5.69 Å². The van der Waals surface area contributed by atoms with E-state index < -0.39 is 20.9 Å². The second-order valence-corrected chi connectivity index (χ2v) is 10.1. The van der Waals surface area contributed by atoms with E-state index in [4.69, 9.17) is 14.2 Å². The summed E-state index contributed by atoms with van der Waals surface area (Å²) < 4.78 is 44.7. The van der Waals surface area contributed by atoms with E-state index in [0.717, 1.165) is 3.97 Å². The summed E-state index contributed by atoms with van der Waals surface area (Å²) in [4.78, 5) is 23.4. The zero-order valence-electron chi connectivity index (χ0n) is 20.6. The summed E-state index contributed by atoms with van der Waals surface area (Å²) in [6.45, 7) is 1.79. The lowest BCUT2D eigenvalue weighted by atomic mass is 10.1. The van der Waals surface area contributed by atoms with Gasteiger partial charge in [0.25, 0.3) is 15.7 Å². The zero-order valence-corrected chi connectivity index (χ0v) is 21.5. The van der Waals surface area contributed by atoms with E-state index in [9.17, 15) is 23.3 Å². The van der Waals surface area contributed by atoms with Crippen LogP contribution in [0.25, 0.3) is 29.1 Å². The first-order valence-corrected chi connectivity index (χ1v) is 13.3. The van der Waals surface area contributed by atoms with Crippen molar-refractivity contribution in [2.45, 2.75) is 11.8 Å². The summed E-state index contributed by atoms with van der Waals surface area (Å²) in [6.07, 6.45) is 5.60. The number of hydrogen-bond acceptors (Lipinski definition) is 8. The Morgan fingerprint density at radius 3 is 2.44 bits per heavy atom. The van der Waals surface area contributed by atoms with Crippen molar-refractivity contribution in [3.8, 4) is 11.5 Å². The number of benzene rings is 3. The number of para-hydroxylation sites is 1. The third-order valence-electron chi connectivity index (χ3n) is 6.00. The van der Waals surface area contributed by atoms with E-state index in [1.54, 1.807) is 49.4 Å². The van der Waals surface area contributed by atoms with Crippen LogP contribution >= 0.6 is 0 Å². The van der Waals surface area contributed by atoms with Crippen molar-refractivity contribution in [2.75, 3.05) is 13.4 Å². The molecule has 0 aliphatic carbocycles. The molecule has 0 unspecified atom stereocenters. The molecule has 0 bridgehead atoms. The predicted molar refractivity (Wildman–Crippen MR) is 145 cm³/mol. The fraction of sp³-hybridized carbons (Fsp3) is 0.107. The Morgan fingerprint density at radius 2 is 1.72 bits per heavy atom. The van der Waals surface area contributed by atoms with Crippen molar-refractivity contribution in [2.24, 2.45) is 0 Å². The maximum atomic E-state index is 13.9. The van der Waals surface area contributed by atoms with Gasteiger partial charge in [-0.3, -0.25) is 10.1 Å². The molecule has 0 spiro atoms. The van der Waals surface area contributed by atoms with E-state index in [0.29, 0.717) is 22.2 Å². The summed E-state index contributed by atoms with van der Waals surface area (Å²) in [7, 11) is -4.13. The first-order valence-electron chi connectivity index (χ1n) is 11.9.